The Morgan fingerprint density at radius 3 is 2.38 bits per heavy atom. The molecule has 21 heavy (non-hydrogen) atoms. The molecule has 1 amide bonds. The number of benzene rings is 1. The fraction of sp³-hybridized carbons (Fsp3) is 0.250. The van der Waals surface area contributed by atoms with Crippen molar-refractivity contribution >= 4 is 11.7 Å². The van der Waals surface area contributed by atoms with Gasteiger partial charge in [-0.3, -0.25) is 9.59 Å². The lowest BCUT2D eigenvalue weighted by Gasteiger charge is -2.15. The van der Waals surface area contributed by atoms with Gasteiger partial charge in [0, 0.05) is 48.2 Å². The molecule has 0 saturated carbocycles. The molecule has 2 aromatic rings. The molecule has 0 aliphatic carbocycles. The van der Waals surface area contributed by atoms with Gasteiger partial charge < -0.3 is 15.6 Å². The van der Waals surface area contributed by atoms with Crippen molar-refractivity contribution in [3.8, 4) is 0 Å². The molecule has 0 radical (unpaired) electrons. The first-order valence-electron chi connectivity index (χ1n) is 6.97. The molecule has 0 bridgehead atoms. The first-order chi connectivity index (χ1) is 10.1. The van der Waals surface area contributed by atoms with Crippen molar-refractivity contribution in [1.82, 2.24) is 9.88 Å². The van der Waals surface area contributed by atoms with Crippen LogP contribution in [0.15, 0.2) is 42.7 Å². The predicted octanol–water partition coefficient (Wildman–Crippen LogP) is 1.42. The molecule has 1 atom stereocenters. The van der Waals surface area contributed by atoms with Crippen LogP contribution in [0.2, 0.25) is 0 Å². The van der Waals surface area contributed by atoms with Gasteiger partial charge in [-0.2, -0.15) is 0 Å². The quantitative estimate of drug-likeness (QED) is 0.836. The van der Waals surface area contributed by atoms with Gasteiger partial charge in [0.1, 0.15) is 0 Å². The molecule has 1 aromatic carbocycles. The molecule has 1 fully saturated rings. The Morgan fingerprint density at radius 1 is 1.10 bits per heavy atom. The normalized spacial score (nSPS) is 18.0. The molecule has 3 rings (SSSR count). The van der Waals surface area contributed by atoms with Crippen molar-refractivity contribution < 1.29 is 9.59 Å². The fourth-order valence-corrected chi connectivity index (χ4v) is 2.55. The molecule has 1 saturated heterocycles. The zero-order valence-corrected chi connectivity index (χ0v) is 11.6. The molecule has 3 N–H and O–H groups in total. The summed E-state index contributed by atoms with van der Waals surface area (Å²) in [7, 11) is 0. The number of amides is 1. The first kappa shape index (κ1) is 13.6. The third-order valence-corrected chi connectivity index (χ3v) is 3.77. The summed E-state index contributed by atoms with van der Waals surface area (Å²) in [5.41, 5.74) is 7.59. The zero-order chi connectivity index (χ0) is 14.8. The summed E-state index contributed by atoms with van der Waals surface area (Å²) in [6.45, 7) is 1.30. The van der Waals surface area contributed by atoms with E-state index in [1.807, 2.05) is 0 Å². The molecule has 5 nitrogen and oxygen atoms in total. The number of hydrogen-bond donors (Lipinski definition) is 2. The van der Waals surface area contributed by atoms with Crippen molar-refractivity contribution in [2.45, 2.75) is 12.5 Å². The van der Waals surface area contributed by atoms with Crippen LogP contribution in [0.3, 0.4) is 0 Å². The number of carbonyl (C=O) groups is 2. The molecule has 2 heterocycles. The smallest absolute Gasteiger partial charge is 0.253 e. The number of carbonyl (C=O) groups excluding carboxylic acids is 2. The van der Waals surface area contributed by atoms with Crippen molar-refractivity contribution in [3.63, 3.8) is 0 Å². The van der Waals surface area contributed by atoms with Crippen LogP contribution in [0, 0.1) is 0 Å². The molecule has 108 valence electrons. The van der Waals surface area contributed by atoms with Gasteiger partial charge in [-0.25, -0.2) is 0 Å². The maximum Gasteiger partial charge on any atom is 0.253 e. The van der Waals surface area contributed by atoms with Gasteiger partial charge >= 0.3 is 0 Å². The Hall–Kier alpha value is -2.40. The highest BCUT2D eigenvalue weighted by molar-refractivity contribution is 6.09. The summed E-state index contributed by atoms with van der Waals surface area (Å²) < 4.78 is 0. The van der Waals surface area contributed by atoms with Crippen LogP contribution >= 0.6 is 0 Å². The lowest BCUT2D eigenvalue weighted by molar-refractivity contribution is 0.0790. The van der Waals surface area contributed by atoms with E-state index in [-0.39, 0.29) is 17.7 Å². The second-order valence-electron chi connectivity index (χ2n) is 5.31. The third-order valence-electron chi connectivity index (χ3n) is 3.77. The number of H-pyrrole nitrogens is 1. The van der Waals surface area contributed by atoms with E-state index in [1.54, 1.807) is 47.6 Å². The number of nitrogens with zero attached hydrogens (tertiary/aromatic N) is 1. The van der Waals surface area contributed by atoms with E-state index in [0.717, 1.165) is 6.42 Å². The van der Waals surface area contributed by atoms with Gasteiger partial charge in [0.25, 0.3) is 5.91 Å². The minimum Gasteiger partial charge on any atom is -0.367 e. The molecule has 1 aliphatic heterocycles. The minimum atomic E-state index is -0.0570. The topological polar surface area (TPSA) is 79.2 Å². The van der Waals surface area contributed by atoms with Crippen LogP contribution in [0.5, 0.6) is 0 Å². The van der Waals surface area contributed by atoms with Crippen LogP contribution in [0.4, 0.5) is 0 Å². The van der Waals surface area contributed by atoms with E-state index < -0.39 is 0 Å². The predicted molar refractivity (Wildman–Crippen MR) is 79.2 cm³/mol. The van der Waals surface area contributed by atoms with Gasteiger partial charge in [0.05, 0.1) is 0 Å². The molecule has 0 unspecified atom stereocenters. The Kier molecular flexibility index (Phi) is 3.58. The van der Waals surface area contributed by atoms with Crippen LogP contribution in [-0.4, -0.2) is 40.7 Å². The average Bonchev–Trinajstić information content (AvgIpc) is 3.17. The Morgan fingerprint density at radius 2 is 1.81 bits per heavy atom. The van der Waals surface area contributed by atoms with Gasteiger partial charge in [0.15, 0.2) is 5.78 Å². The monoisotopic (exact) mass is 283 g/mol. The average molecular weight is 283 g/mol. The molecule has 5 heteroatoms. The van der Waals surface area contributed by atoms with Gasteiger partial charge in [0.2, 0.25) is 0 Å². The number of hydrogen-bond acceptors (Lipinski definition) is 3. The molecular weight excluding hydrogens is 266 g/mol. The Balaban J connectivity index is 1.75. The fourth-order valence-electron chi connectivity index (χ4n) is 2.55. The number of likely N-dealkylation sites (tertiary alicyclic amines) is 1. The van der Waals surface area contributed by atoms with E-state index in [4.69, 9.17) is 5.73 Å². The van der Waals surface area contributed by atoms with Crippen LogP contribution in [-0.2, 0) is 0 Å². The second kappa shape index (κ2) is 5.54. The van der Waals surface area contributed by atoms with E-state index >= 15 is 0 Å². The van der Waals surface area contributed by atoms with Crippen LogP contribution < -0.4 is 5.73 Å². The van der Waals surface area contributed by atoms with E-state index in [0.29, 0.717) is 29.8 Å². The summed E-state index contributed by atoms with van der Waals surface area (Å²) in [6.07, 6.45) is 4.21. The molecule has 0 spiro atoms. The van der Waals surface area contributed by atoms with Gasteiger partial charge in [-0.05, 0) is 24.6 Å². The molecular formula is C16H17N3O2. The van der Waals surface area contributed by atoms with E-state index in [2.05, 4.69) is 4.98 Å². The number of rotatable bonds is 3. The maximum atomic E-state index is 12.3. The van der Waals surface area contributed by atoms with Gasteiger partial charge in [-0.15, -0.1) is 0 Å². The molecule has 1 aliphatic rings. The first-order valence-corrected chi connectivity index (χ1v) is 6.97. The number of nitrogens with two attached hydrogens (primary N) is 1. The number of ketones is 1. The van der Waals surface area contributed by atoms with Crippen molar-refractivity contribution in [3.05, 3.63) is 59.4 Å². The Bertz CT molecular complexity index is 647. The van der Waals surface area contributed by atoms with Crippen molar-refractivity contribution in [1.29, 1.82) is 0 Å². The maximum absolute atomic E-state index is 12.3. The standard InChI is InChI=1S/C16H17N3O2/c17-14-6-8-19(10-14)16(21)12-3-1-11(2-4-12)15(20)13-5-7-18-9-13/h1-5,7,9,14,18H,6,8,10,17H2/t14-/m1/s1. The summed E-state index contributed by atoms with van der Waals surface area (Å²) in [5.74, 6) is -0.0814. The highest BCUT2D eigenvalue weighted by Crippen LogP contribution is 2.15. The lowest BCUT2D eigenvalue weighted by atomic mass is 10.0. The largest absolute Gasteiger partial charge is 0.367 e. The van der Waals surface area contributed by atoms with Gasteiger partial charge in [-0.1, -0.05) is 12.1 Å². The number of nitrogens with one attached hydrogen (secondary N) is 1. The molecule has 1 aromatic heterocycles. The minimum absolute atomic E-state index is 0.0245. The highest BCUT2D eigenvalue weighted by Gasteiger charge is 2.24. The van der Waals surface area contributed by atoms with Crippen molar-refractivity contribution in [2.75, 3.05) is 13.1 Å². The highest BCUT2D eigenvalue weighted by atomic mass is 16.2. The summed E-state index contributed by atoms with van der Waals surface area (Å²) in [4.78, 5) is 29.1. The number of aromatic amines is 1. The van der Waals surface area contributed by atoms with E-state index in [9.17, 15) is 9.59 Å². The summed E-state index contributed by atoms with van der Waals surface area (Å²) >= 11 is 0. The van der Waals surface area contributed by atoms with Crippen molar-refractivity contribution in [2.24, 2.45) is 5.73 Å². The van der Waals surface area contributed by atoms with Crippen LogP contribution in [0.1, 0.15) is 32.7 Å². The SMILES string of the molecule is N[C@@H]1CCN(C(=O)c2ccc(C(=O)c3cc[nH]c3)cc2)C1. The lowest BCUT2D eigenvalue weighted by Crippen LogP contribution is -2.31. The summed E-state index contributed by atoms with van der Waals surface area (Å²) in [5, 5.41) is 0. The third kappa shape index (κ3) is 2.73. The van der Waals surface area contributed by atoms with Crippen LogP contribution in [0.25, 0.3) is 0 Å². The second-order valence-corrected chi connectivity index (χ2v) is 5.31. The Labute approximate surface area is 122 Å². The number of aromatic nitrogens is 1. The van der Waals surface area contributed by atoms with E-state index in [1.165, 1.54) is 0 Å². The zero-order valence-electron chi connectivity index (χ0n) is 11.6. The summed E-state index contributed by atoms with van der Waals surface area (Å²) in [6, 6.07) is 8.59.